The highest BCUT2D eigenvalue weighted by Crippen LogP contribution is 2.03. The zero-order valence-electron chi connectivity index (χ0n) is 13.1. The van der Waals surface area contributed by atoms with Gasteiger partial charge in [0.1, 0.15) is 0 Å². The molecule has 0 saturated carbocycles. The van der Waals surface area contributed by atoms with E-state index in [1.165, 1.54) is 30.5 Å². The highest BCUT2D eigenvalue weighted by molar-refractivity contribution is 6.17. The van der Waals surface area contributed by atoms with E-state index in [4.69, 9.17) is 11.6 Å². The van der Waals surface area contributed by atoms with Crippen molar-refractivity contribution in [2.24, 2.45) is 0 Å². The van der Waals surface area contributed by atoms with Gasteiger partial charge in [-0.1, -0.05) is 74.0 Å². The molecule has 1 nitrogen and oxygen atoms in total. The van der Waals surface area contributed by atoms with Gasteiger partial charge in [0.2, 0.25) is 0 Å². The molecule has 0 bridgehead atoms. The number of rotatable bonds is 6. The maximum absolute atomic E-state index is 5.53. The van der Waals surface area contributed by atoms with Crippen LogP contribution in [-0.4, -0.2) is 18.5 Å². The van der Waals surface area contributed by atoms with Gasteiger partial charge in [0, 0.05) is 12.4 Å². The number of benzene rings is 2. The molecule has 0 saturated heterocycles. The third kappa shape index (κ3) is 8.54. The van der Waals surface area contributed by atoms with E-state index in [-0.39, 0.29) is 0 Å². The molecule has 0 unspecified atom stereocenters. The summed E-state index contributed by atoms with van der Waals surface area (Å²) in [5.41, 5.74) is 2.58. The van der Waals surface area contributed by atoms with Crippen molar-refractivity contribution >= 4 is 11.6 Å². The summed E-state index contributed by atoms with van der Waals surface area (Å²) in [6.07, 6.45) is 2.57. The van der Waals surface area contributed by atoms with Crippen LogP contribution in [-0.2, 0) is 12.4 Å². The Morgan fingerprint density at radius 1 is 0.857 bits per heavy atom. The second-order valence-electron chi connectivity index (χ2n) is 5.20. The molecule has 2 aromatic rings. The quantitative estimate of drug-likeness (QED) is 0.651. The molecule has 0 aromatic heterocycles. The standard InChI is InChI=1S/C12H19N.C7H7Cl/c1-3-4-10-13(2)11-12-8-6-5-7-9-12;8-6-7-4-2-1-3-5-7/h5-9H,3-4,10-11H2,1-2H3;1-5H,6H2. The van der Waals surface area contributed by atoms with Crippen molar-refractivity contribution in [2.45, 2.75) is 32.2 Å². The third-order valence-corrected chi connectivity index (χ3v) is 3.49. The summed E-state index contributed by atoms with van der Waals surface area (Å²) in [6, 6.07) is 20.6. The van der Waals surface area contributed by atoms with E-state index < -0.39 is 0 Å². The van der Waals surface area contributed by atoms with Gasteiger partial charge in [-0.05, 0) is 31.1 Å². The minimum atomic E-state index is 0.612. The van der Waals surface area contributed by atoms with Gasteiger partial charge in [-0.25, -0.2) is 0 Å². The van der Waals surface area contributed by atoms with Crippen LogP contribution in [0.15, 0.2) is 60.7 Å². The average molecular weight is 304 g/mol. The first-order valence-electron chi connectivity index (χ1n) is 7.58. The van der Waals surface area contributed by atoms with Gasteiger partial charge in [0.15, 0.2) is 0 Å². The number of halogens is 1. The minimum absolute atomic E-state index is 0.612. The topological polar surface area (TPSA) is 3.24 Å². The first-order chi connectivity index (χ1) is 10.3. The normalized spacial score (nSPS) is 10.1. The van der Waals surface area contributed by atoms with E-state index in [0.29, 0.717) is 5.88 Å². The van der Waals surface area contributed by atoms with Crippen molar-refractivity contribution in [3.8, 4) is 0 Å². The molecular formula is C19H26ClN. The van der Waals surface area contributed by atoms with Gasteiger partial charge in [0.25, 0.3) is 0 Å². The van der Waals surface area contributed by atoms with Crippen LogP contribution in [0, 0.1) is 0 Å². The lowest BCUT2D eigenvalue weighted by molar-refractivity contribution is 0.321. The first-order valence-corrected chi connectivity index (χ1v) is 8.12. The highest BCUT2D eigenvalue weighted by atomic mass is 35.5. The summed E-state index contributed by atoms with van der Waals surface area (Å²) < 4.78 is 0. The van der Waals surface area contributed by atoms with E-state index in [9.17, 15) is 0 Å². The zero-order chi connectivity index (χ0) is 15.3. The van der Waals surface area contributed by atoms with Crippen molar-refractivity contribution in [2.75, 3.05) is 13.6 Å². The summed E-state index contributed by atoms with van der Waals surface area (Å²) in [7, 11) is 2.18. The summed E-state index contributed by atoms with van der Waals surface area (Å²) in [5.74, 6) is 0.612. The Morgan fingerprint density at radius 3 is 1.81 bits per heavy atom. The van der Waals surface area contributed by atoms with Crippen LogP contribution < -0.4 is 0 Å². The van der Waals surface area contributed by atoms with Gasteiger partial charge in [0.05, 0.1) is 0 Å². The molecular weight excluding hydrogens is 278 g/mol. The number of alkyl halides is 1. The van der Waals surface area contributed by atoms with Crippen molar-refractivity contribution in [3.05, 3.63) is 71.8 Å². The highest BCUT2D eigenvalue weighted by Gasteiger charge is 1.97. The second kappa shape index (κ2) is 11.4. The molecule has 0 heterocycles. The summed E-state index contributed by atoms with van der Waals surface area (Å²) in [5, 5.41) is 0. The van der Waals surface area contributed by atoms with Crippen molar-refractivity contribution < 1.29 is 0 Å². The molecule has 0 aliphatic carbocycles. The van der Waals surface area contributed by atoms with E-state index in [1.807, 2.05) is 30.3 Å². The van der Waals surface area contributed by atoms with Crippen LogP contribution >= 0.6 is 11.6 Å². The molecule has 0 amide bonds. The number of unbranched alkanes of at least 4 members (excludes halogenated alkanes) is 1. The molecule has 2 aromatic carbocycles. The maximum atomic E-state index is 5.53. The monoisotopic (exact) mass is 303 g/mol. The van der Waals surface area contributed by atoms with E-state index in [0.717, 1.165) is 6.54 Å². The smallest absolute Gasteiger partial charge is 0.0474 e. The largest absolute Gasteiger partial charge is 0.302 e. The lowest BCUT2D eigenvalue weighted by atomic mass is 10.2. The van der Waals surface area contributed by atoms with Crippen LogP contribution in [0.5, 0.6) is 0 Å². The average Bonchev–Trinajstić information content (AvgIpc) is 2.55. The molecule has 0 aliphatic rings. The number of hydrogen-bond acceptors (Lipinski definition) is 1. The fraction of sp³-hybridized carbons (Fsp3) is 0.368. The van der Waals surface area contributed by atoms with Crippen LogP contribution in [0.1, 0.15) is 30.9 Å². The molecule has 0 atom stereocenters. The summed E-state index contributed by atoms with van der Waals surface area (Å²) in [4.78, 5) is 2.37. The molecule has 114 valence electrons. The van der Waals surface area contributed by atoms with Crippen molar-refractivity contribution in [3.63, 3.8) is 0 Å². The Kier molecular flexibility index (Phi) is 9.60. The van der Waals surface area contributed by atoms with Crippen LogP contribution in [0.4, 0.5) is 0 Å². The second-order valence-corrected chi connectivity index (χ2v) is 5.46. The Hall–Kier alpha value is -1.31. The van der Waals surface area contributed by atoms with Crippen LogP contribution in [0.3, 0.4) is 0 Å². The summed E-state index contributed by atoms with van der Waals surface area (Å²) in [6.45, 7) is 4.50. The zero-order valence-corrected chi connectivity index (χ0v) is 13.9. The Bertz CT molecular complexity index is 456. The van der Waals surface area contributed by atoms with E-state index in [2.05, 4.69) is 49.2 Å². The molecule has 0 spiro atoms. The fourth-order valence-corrected chi connectivity index (χ4v) is 2.15. The van der Waals surface area contributed by atoms with Crippen molar-refractivity contribution in [1.82, 2.24) is 4.90 Å². The third-order valence-electron chi connectivity index (χ3n) is 3.19. The fourth-order valence-electron chi connectivity index (χ4n) is 1.97. The molecule has 0 aliphatic heterocycles. The molecule has 2 heteroatoms. The Balaban J connectivity index is 0.000000235. The minimum Gasteiger partial charge on any atom is -0.302 e. The molecule has 21 heavy (non-hydrogen) atoms. The summed E-state index contributed by atoms with van der Waals surface area (Å²) >= 11 is 5.53. The van der Waals surface area contributed by atoms with E-state index in [1.54, 1.807) is 0 Å². The lowest BCUT2D eigenvalue weighted by Crippen LogP contribution is -2.18. The first kappa shape index (κ1) is 17.7. The predicted molar refractivity (Wildman–Crippen MR) is 93.7 cm³/mol. The van der Waals surface area contributed by atoms with Crippen molar-refractivity contribution in [1.29, 1.82) is 0 Å². The molecule has 0 radical (unpaired) electrons. The van der Waals surface area contributed by atoms with Gasteiger partial charge in [-0.15, -0.1) is 11.6 Å². The Morgan fingerprint density at radius 2 is 1.38 bits per heavy atom. The van der Waals surface area contributed by atoms with Crippen LogP contribution in [0.25, 0.3) is 0 Å². The molecule has 0 N–H and O–H groups in total. The SMILES string of the molecule is CCCCN(C)Cc1ccccc1.ClCc1ccccc1. The Labute approximate surface area is 134 Å². The maximum Gasteiger partial charge on any atom is 0.0474 e. The lowest BCUT2D eigenvalue weighted by Gasteiger charge is -2.15. The molecule has 2 rings (SSSR count). The van der Waals surface area contributed by atoms with Gasteiger partial charge < -0.3 is 4.90 Å². The predicted octanol–water partition coefficient (Wildman–Crippen LogP) is 5.34. The molecule has 0 fully saturated rings. The van der Waals surface area contributed by atoms with Gasteiger partial charge in [-0.2, -0.15) is 0 Å². The van der Waals surface area contributed by atoms with Gasteiger partial charge >= 0.3 is 0 Å². The van der Waals surface area contributed by atoms with Crippen LogP contribution in [0.2, 0.25) is 0 Å². The number of hydrogen-bond donors (Lipinski definition) is 0. The van der Waals surface area contributed by atoms with Gasteiger partial charge in [-0.3, -0.25) is 0 Å². The number of nitrogens with zero attached hydrogens (tertiary/aromatic N) is 1. The van der Waals surface area contributed by atoms with E-state index >= 15 is 0 Å².